The van der Waals surface area contributed by atoms with E-state index in [2.05, 4.69) is 14.9 Å². The van der Waals surface area contributed by atoms with Gasteiger partial charge in [0.1, 0.15) is 9.90 Å². The molecule has 1 aromatic heterocycles. The van der Waals surface area contributed by atoms with Crippen molar-refractivity contribution in [3.8, 4) is 0 Å². The van der Waals surface area contributed by atoms with Crippen LogP contribution in [0.5, 0.6) is 0 Å². The highest BCUT2D eigenvalue weighted by Crippen LogP contribution is 2.24. The molecule has 10 heteroatoms. The number of nitrogens with one attached hydrogen (secondary N) is 1. The molecule has 112 valence electrons. The number of nitrogens with zero attached hydrogens (tertiary/aromatic N) is 2. The van der Waals surface area contributed by atoms with E-state index in [1.165, 1.54) is 6.07 Å². The Labute approximate surface area is 124 Å². The van der Waals surface area contributed by atoms with Gasteiger partial charge in [-0.15, -0.1) is 10.2 Å². The van der Waals surface area contributed by atoms with Gasteiger partial charge >= 0.3 is 5.97 Å². The van der Waals surface area contributed by atoms with Crippen molar-refractivity contribution in [2.24, 2.45) is 0 Å². The summed E-state index contributed by atoms with van der Waals surface area (Å²) in [5.41, 5.74) is 5.25. The molecule has 0 radical (unpaired) electrons. The van der Waals surface area contributed by atoms with Crippen molar-refractivity contribution in [2.45, 2.75) is 18.2 Å². The summed E-state index contributed by atoms with van der Waals surface area (Å²) in [6.45, 7) is 1.86. The van der Waals surface area contributed by atoms with Crippen LogP contribution < -0.4 is 10.5 Å². The van der Waals surface area contributed by atoms with E-state index in [-0.39, 0.29) is 15.7 Å². The summed E-state index contributed by atoms with van der Waals surface area (Å²) in [5, 5.41) is 17.3. The molecule has 21 heavy (non-hydrogen) atoms. The minimum absolute atomic E-state index is 0.0833. The molecule has 0 unspecified atom stereocenters. The SMILES string of the molecule is CCc1nnc(NS(=O)(=O)c2ccc(N)cc2C(=O)O)s1. The molecule has 0 aliphatic heterocycles. The van der Waals surface area contributed by atoms with Crippen molar-refractivity contribution in [3.63, 3.8) is 0 Å². The van der Waals surface area contributed by atoms with Crippen molar-refractivity contribution in [3.05, 3.63) is 28.8 Å². The molecule has 1 aromatic carbocycles. The molecule has 0 fully saturated rings. The summed E-state index contributed by atoms with van der Waals surface area (Å²) in [7, 11) is -4.08. The molecule has 0 bridgehead atoms. The van der Waals surface area contributed by atoms with Crippen LogP contribution in [0, 0.1) is 0 Å². The van der Waals surface area contributed by atoms with Gasteiger partial charge in [-0.1, -0.05) is 18.3 Å². The number of hydrogen-bond donors (Lipinski definition) is 3. The number of benzene rings is 1. The quantitative estimate of drug-likeness (QED) is 0.701. The van der Waals surface area contributed by atoms with E-state index in [4.69, 9.17) is 10.8 Å². The standard InChI is InChI=1S/C11H12N4O4S2/c1-2-9-13-14-11(20-9)15-21(18,19)8-4-3-6(12)5-7(8)10(16)17/h3-5H,2,12H2,1H3,(H,14,15)(H,16,17). The van der Waals surface area contributed by atoms with Gasteiger partial charge in [0.2, 0.25) is 5.13 Å². The molecule has 0 amide bonds. The number of carbonyl (C=O) groups is 1. The van der Waals surface area contributed by atoms with Crippen LogP contribution in [0.25, 0.3) is 0 Å². The lowest BCUT2D eigenvalue weighted by Gasteiger charge is -2.08. The summed E-state index contributed by atoms with van der Waals surface area (Å²) in [5.74, 6) is -1.38. The summed E-state index contributed by atoms with van der Waals surface area (Å²) >= 11 is 1.09. The molecule has 0 aliphatic rings. The first-order valence-corrected chi connectivity index (χ1v) is 8.11. The second-order valence-corrected chi connectivity index (χ2v) is 6.73. The molecule has 0 saturated heterocycles. The fourth-order valence-corrected chi connectivity index (χ4v) is 3.65. The monoisotopic (exact) mass is 328 g/mol. The van der Waals surface area contributed by atoms with Crippen LogP contribution in [0.15, 0.2) is 23.1 Å². The van der Waals surface area contributed by atoms with Crippen LogP contribution in [-0.4, -0.2) is 29.7 Å². The summed E-state index contributed by atoms with van der Waals surface area (Å²) in [6.07, 6.45) is 0.627. The van der Waals surface area contributed by atoms with E-state index in [1.807, 2.05) is 6.92 Å². The third kappa shape index (κ3) is 3.28. The van der Waals surface area contributed by atoms with Crippen LogP contribution in [0.3, 0.4) is 0 Å². The highest BCUT2D eigenvalue weighted by Gasteiger charge is 2.23. The lowest BCUT2D eigenvalue weighted by Crippen LogP contribution is -2.17. The van der Waals surface area contributed by atoms with Crippen molar-refractivity contribution in [2.75, 3.05) is 10.5 Å². The fourth-order valence-electron chi connectivity index (χ4n) is 1.56. The van der Waals surface area contributed by atoms with E-state index in [1.54, 1.807) is 0 Å². The second kappa shape index (κ2) is 5.66. The second-order valence-electron chi connectivity index (χ2n) is 4.02. The number of aromatic nitrogens is 2. The van der Waals surface area contributed by atoms with Gasteiger partial charge in [0, 0.05) is 5.69 Å². The van der Waals surface area contributed by atoms with Crippen LogP contribution in [-0.2, 0) is 16.4 Å². The van der Waals surface area contributed by atoms with Gasteiger partial charge in [-0.05, 0) is 24.6 Å². The lowest BCUT2D eigenvalue weighted by molar-refractivity contribution is 0.0692. The summed E-state index contributed by atoms with van der Waals surface area (Å²) in [4.78, 5) is 10.8. The molecular weight excluding hydrogens is 316 g/mol. The fraction of sp³-hybridized carbons (Fsp3) is 0.182. The first-order valence-electron chi connectivity index (χ1n) is 5.81. The molecule has 0 saturated carbocycles. The maximum atomic E-state index is 12.3. The number of hydrogen-bond acceptors (Lipinski definition) is 7. The number of carboxylic acids is 1. The van der Waals surface area contributed by atoms with Gasteiger partial charge in [0.25, 0.3) is 10.0 Å². The normalized spacial score (nSPS) is 11.3. The maximum absolute atomic E-state index is 12.3. The zero-order valence-electron chi connectivity index (χ0n) is 10.9. The van der Waals surface area contributed by atoms with E-state index < -0.39 is 21.6 Å². The van der Waals surface area contributed by atoms with Gasteiger partial charge in [0.05, 0.1) is 5.56 Å². The Morgan fingerprint density at radius 1 is 1.43 bits per heavy atom. The number of carboxylic acid groups (broad SMARTS) is 1. The molecule has 8 nitrogen and oxygen atoms in total. The lowest BCUT2D eigenvalue weighted by atomic mass is 10.2. The zero-order chi connectivity index (χ0) is 15.6. The van der Waals surface area contributed by atoms with Gasteiger partial charge in [0.15, 0.2) is 0 Å². The van der Waals surface area contributed by atoms with E-state index >= 15 is 0 Å². The van der Waals surface area contributed by atoms with Gasteiger partial charge < -0.3 is 10.8 Å². The van der Waals surface area contributed by atoms with Gasteiger partial charge in [-0.25, -0.2) is 13.2 Å². The van der Waals surface area contributed by atoms with Crippen LogP contribution in [0.4, 0.5) is 10.8 Å². The maximum Gasteiger partial charge on any atom is 0.337 e. The van der Waals surface area contributed by atoms with Gasteiger partial charge in [-0.3, -0.25) is 4.72 Å². The number of sulfonamides is 1. The Morgan fingerprint density at radius 3 is 2.71 bits per heavy atom. The average Bonchev–Trinajstić information content (AvgIpc) is 2.85. The molecule has 0 aliphatic carbocycles. The van der Waals surface area contributed by atoms with E-state index in [9.17, 15) is 13.2 Å². The number of nitrogens with two attached hydrogens (primary N) is 1. The summed E-state index contributed by atoms with van der Waals surface area (Å²) in [6, 6.07) is 3.55. The smallest absolute Gasteiger partial charge is 0.337 e. The third-order valence-electron chi connectivity index (χ3n) is 2.51. The average molecular weight is 328 g/mol. The van der Waals surface area contributed by atoms with Crippen molar-refractivity contribution in [1.29, 1.82) is 0 Å². The third-order valence-corrected chi connectivity index (χ3v) is 5.02. The highest BCUT2D eigenvalue weighted by molar-refractivity contribution is 7.93. The highest BCUT2D eigenvalue weighted by atomic mass is 32.2. The number of aromatic carboxylic acids is 1. The number of aryl methyl sites for hydroxylation is 1. The first kappa shape index (κ1) is 15.2. The Balaban J connectivity index is 2.42. The molecule has 2 aromatic rings. The van der Waals surface area contributed by atoms with Crippen molar-refractivity contribution >= 4 is 38.1 Å². The summed E-state index contributed by atoms with van der Waals surface area (Å²) < 4.78 is 26.7. The Morgan fingerprint density at radius 2 is 2.14 bits per heavy atom. The van der Waals surface area contributed by atoms with Crippen LogP contribution >= 0.6 is 11.3 Å². The topological polar surface area (TPSA) is 135 Å². The van der Waals surface area contributed by atoms with E-state index in [0.717, 1.165) is 23.5 Å². The molecule has 1 heterocycles. The number of nitrogen functional groups attached to an aromatic ring is 1. The van der Waals surface area contributed by atoms with Crippen LogP contribution in [0.2, 0.25) is 0 Å². The molecule has 0 atom stereocenters. The minimum Gasteiger partial charge on any atom is -0.478 e. The Kier molecular flexibility index (Phi) is 4.09. The predicted octanol–water partition coefficient (Wildman–Crippen LogP) is 1.18. The molecule has 4 N–H and O–H groups in total. The zero-order valence-corrected chi connectivity index (χ0v) is 12.5. The molecule has 2 rings (SSSR count). The predicted molar refractivity (Wildman–Crippen MR) is 77.9 cm³/mol. The Hall–Kier alpha value is -2.20. The molecule has 0 spiro atoms. The van der Waals surface area contributed by atoms with Crippen molar-refractivity contribution in [1.82, 2.24) is 10.2 Å². The largest absolute Gasteiger partial charge is 0.478 e. The van der Waals surface area contributed by atoms with Crippen molar-refractivity contribution < 1.29 is 18.3 Å². The number of rotatable bonds is 5. The first-order chi connectivity index (χ1) is 9.83. The molecular formula is C11H12N4O4S2. The van der Waals surface area contributed by atoms with Gasteiger partial charge in [-0.2, -0.15) is 0 Å². The minimum atomic E-state index is -4.08. The Bertz CT molecular complexity index is 785. The van der Waals surface area contributed by atoms with E-state index in [0.29, 0.717) is 11.4 Å². The number of anilines is 2. The van der Waals surface area contributed by atoms with Crippen LogP contribution in [0.1, 0.15) is 22.3 Å².